The number of aliphatic carboxylic acids is 1. The van der Waals surface area contributed by atoms with E-state index in [9.17, 15) is 9.59 Å². The third-order valence-electron chi connectivity index (χ3n) is 3.91. The predicted molar refractivity (Wildman–Crippen MR) is 66.9 cm³/mol. The van der Waals surface area contributed by atoms with Crippen LogP contribution >= 0.6 is 11.8 Å². The Morgan fingerprint density at radius 2 is 2.00 bits per heavy atom. The lowest BCUT2D eigenvalue weighted by molar-refractivity contribution is -0.142. The van der Waals surface area contributed by atoms with E-state index in [1.807, 2.05) is 30.5 Å². The van der Waals surface area contributed by atoms with Crippen LogP contribution in [0, 0.1) is 17.3 Å². The van der Waals surface area contributed by atoms with Gasteiger partial charge in [-0.2, -0.15) is 11.8 Å². The average molecular weight is 257 g/mol. The van der Waals surface area contributed by atoms with E-state index in [4.69, 9.17) is 5.11 Å². The van der Waals surface area contributed by atoms with Gasteiger partial charge in [-0.3, -0.25) is 9.59 Å². The molecule has 1 saturated carbocycles. The summed E-state index contributed by atoms with van der Waals surface area (Å²) >= 11 is 1.87. The van der Waals surface area contributed by atoms with E-state index in [0.717, 1.165) is 18.8 Å². The number of carbonyl (C=O) groups is 2. The molecular weight excluding hydrogens is 238 g/mol. The molecule has 3 atom stereocenters. The first kappa shape index (κ1) is 12.7. The second kappa shape index (κ2) is 4.19. The lowest BCUT2D eigenvalue weighted by atomic mass is 10.1. The van der Waals surface area contributed by atoms with E-state index in [0.29, 0.717) is 5.25 Å². The summed E-state index contributed by atoms with van der Waals surface area (Å²) in [5, 5.41) is 9.54. The van der Waals surface area contributed by atoms with Crippen molar-refractivity contribution in [2.75, 3.05) is 18.8 Å². The summed E-state index contributed by atoms with van der Waals surface area (Å²) in [6.45, 7) is 7.36. The molecule has 0 radical (unpaired) electrons. The number of nitrogens with zero attached hydrogens (tertiary/aromatic N) is 1. The van der Waals surface area contributed by atoms with E-state index < -0.39 is 11.9 Å². The van der Waals surface area contributed by atoms with Gasteiger partial charge in [-0.25, -0.2) is 0 Å². The van der Waals surface area contributed by atoms with Crippen LogP contribution in [0.25, 0.3) is 0 Å². The first-order valence-corrected chi connectivity index (χ1v) is 7.03. The van der Waals surface area contributed by atoms with Crippen molar-refractivity contribution in [3.63, 3.8) is 0 Å². The van der Waals surface area contributed by atoms with Gasteiger partial charge in [0.15, 0.2) is 0 Å². The summed E-state index contributed by atoms with van der Waals surface area (Å²) in [5.41, 5.74) is -0.378. The van der Waals surface area contributed by atoms with Gasteiger partial charge in [0.25, 0.3) is 0 Å². The lowest BCUT2D eigenvalue weighted by Crippen LogP contribution is -2.42. The van der Waals surface area contributed by atoms with E-state index in [-0.39, 0.29) is 17.2 Å². The largest absolute Gasteiger partial charge is 0.481 e. The molecule has 5 heteroatoms. The molecule has 2 aliphatic rings. The summed E-state index contributed by atoms with van der Waals surface area (Å²) in [6.07, 6.45) is 0. The van der Waals surface area contributed by atoms with Gasteiger partial charge in [-0.1, -0.05) is 20.8 Å². The lowest BCUT2D eigenvalue weighted by Gasteiger charge is -2.31. The van der Waals surface area contributed by atoms with Gasteiger partial charge in [0.1, 0.15) is 0 Å². The highest BCUT2D eigenvalue weighted by atomic mass is 32.2. The molecule has 0 bridgehead atoms. The summed E-state index contributed by atoms with van der Waals surface area (Å²) in [6, 6.07) is 0. The fraction of sp³-hybridized carbons (Fsp3) is 0.833. The maximum Gasteiger partial charge on any atom is 0.307 e. The van der Waals surface area contributed by atoms with Crippen LogP contribution in [0.1, 0.15) is 20.8 Å². The maximum atomic E-state index is 12.3. The molecule has 17 heavy (non-hydrogen) atoms. The Morgan fingerprint density at radius 1 is 1.35 bits per heavy atom. The van der Waals surface area contributed by atoms with Crippen molar-refractivity contribution >= 4 is 23.6 Å². The van der Waals surface area contributed by atoms with Crippen LogP contribution in [-0.4, -0.2) is 46.0 Å². The van der Waals surface area contributed by atoms with Gasteiger partial charge in [-0.05, 0) is 5.41 Å². The molecule has 1 saturated heterocycles. The molecule has 0 aromatic heterocycles. The number of carboxylic acids is 1. The molecule has 2 rings (SSSR count). The van der Waals surface area contributed by atoms with E-state index >= 15 is 0 Å². The molecule has 1 unspecified atom stereocenters. The Bertz CT molecular complexity index is 356. The fourth-order valence-electron chi connectivity index (χ4n) is 2.77. The average Bonchev–Trinajstić information content (AvgIpc) is 2.80. The topological polar surface area (TPSA) is 57.6 Å². The number of rotatable bonds is 2. The molecule has 0 spiro atoms. The van der Waals surface area contributed by atoms with Crippen molar-refractivity contribution in [3.8, 4) is 0 Å². The number of carboxylic acid groups (broad SMARTS) is 1. The van der Waals surface area contributed by atoms with Crippen molar-refractivity contribution in [2.45, 2.75) is 26.0 Å². The Balaban J connectivity index is 2.04. The van der Waals surface area contributed by atoms with Gasteiger partial charge in [0.2, 0.25) is 5.91 Å². The second-order valence-corrected chi connectivity index (χ2v) is 7.13. The van der Waals surface area contributed by atoms with Gasteiger partial charge >= 0.3 is 5.97 Å². The Hall–Kier alpha value is -0.710. The molecule has 1 amide bonds. The molecular formula is C12H19NO3S. The molecule has 0 aromatic rings. The minimum atomic E-state index is -0.840. The van der Waals surface area contributed by atoms with Crippen molar-refractivity contribution in [1.29, 1.82) is 0 Å². The first-order valence-electron chi connectivity index (χ1n) is 5.99. The monoisotopic (exact) mass is 257 g/mol. The molecule has 96 valence electrons. The Morgan fingerprint density at radius 3 is 2.47 bits per heavy atom. The number of thioether (sulfide) groups is 1. The molecule has 1 aliphatic carbocycles. The number of carbonyl (C=O) groups excluding carboxylic acids is 1. The quantitative estimate of drug-likeness (QED) is 0.810. The third kappa shape index (κ3) is 2.17. The summed E-state index contributed by atoms with van der Waals surface area (Å²) < 4.78 is 0. The van der Waals surface area contributed by atoms with Crippen LogP contribution in [0.3, 0.4) is 0 Å². The van der Waals surface area contributed by atoms with Crippen molar-refractivity contribution in [3.05, 3.63) is 0 Å². The zero-order valence-electron chi connectivity index (χ0n) is 10.5. The van der Waals surface area contributed by atoms with Crippen LogP contribution in [0.4, 0.5) is 0 Å². The fourth-order valence-corrected chi connectivity index (χ4v) is 3.79. The number of amides is 1. The molecule has 4 nitrogen and oxygen atoms in total. The van der Waals surface area contributed by atoms with Crippen molar-refractivity contribution in [1.82, 2.24) is 4.90 Å². The third-order valence-corrected chi connectivity index (χ3v) is 5.05. The standard InChI is InChI=1S/C12H19NO3S/c1-7-6-13(4-5-17-7)10(14)8-9(11(15)16)12(8,2)3/h7-9H,4-6H2,1-3H3,(H,15,16)/t7?,8-,9+/m1/s1. The summed E-state index contributed by atoms with van der Waals surface area (Å²) in [7, 11) is 0. The van der Waals surface area contributed by atoms with Gasteiger partial charge < -0.3 is 10.0 Å². The predicted octanol–water partition coefficient (Wildman–Crippen LogP) is 1.31. The highest BCUT2D eigenvalue weighted by Gasteiger charge is 2.66. The van der Waals surface area contributed by atoms with E-state index in [1.165, 1.54) is 0 Å². The molecule has 2 fully saturated rings. The van der Waals surface area contributed by atoms with E-state index in [1.54, 1.807) is 0 Å². The van der Waals surface area contributed by atoms with Gasteiger partial charge in [-0.15, -0.1) is 0 Å². The van der Waals surface area contributed by atoms with Crippen LogP contribution in [0.2, 0.25) is 0 Å². The maximum absolute atomic E-state index is 12.3. The number of hydrogen-bond donors (Lipinski definition) is 1. The Kier molecular flexibility index (Phi) is 3.14. The van der Waals surface area contributed by atoms with Gasteiger partial charge in [0, 0.05) is 24.1 Å². The zero-order valence-corrected chi connectivity index (χ0v) is 11.3. The Labute approximate surface area is 106 Å². The molecule has 0 aromatic carbocycles. The van der Waals surface area contributed by atoms with Crippen LogP contribution in [0.5, 0.6) is 0 Å². The zero-order chi connectivity index (χ0) is 12.8. The first-order chi connectivity index (χ1) is 7.85. The minimum Gasteiger partial charge on any atom is -0.481 e. The molecule has 1 heterocycles. The minimum absolute atomic E-state index is 0.0366. The summed E-state index contributed by atoms with van der Waals surface area (Å²) in [5.74, 6) is -0.671. The summed E-state index contributed by atoms with van der Waals surface area (Å²) in [4.78, 5) is 25.2. The van der Waals surface area contributed by atoms with Crippen LogP contribution < -0.4 is 0 Å². The second-order valence-electron chi connectivity index (χ2n) is 5.58. The molecule has 1 N–H and O–H groups in total. The van der Waals surface area contributed by atoms with Gasteiger partial charge in [0.05, 0.1) is 11.8 Å². The normalized spacial score (nSPS) is 35.5. The van der Waals surface area contributed by atoms with Crippen molar-refractivity contribution < 1.29 is 14.7 Å². The van der Waals surface area contributed by atoms with E-state index in [2.05, 4.69) is 6.92 Å². The smallest absolute Gasteiger partial charge is 0.307 e. The van der Waals surface area contributed by atoms with Crippen LogP contribution in [0.15, 0.2) is 0 Å². The van der Waals surface area contributed by atoms with Crippen molar-refractivity contribution in [2.24, 2.45) is 17.3 Å². The highest BCUT2D eigenvalue weighted by Crippen LogP contribution is 2.59. The molecule has 1 aliphatic heterocycles. The van der Waals surface area contributed by atoms with Crippen LogP contribution in [-0.2, 0) is 9.59 Å². The highest BCUT2D eigenvalue weighted by molar-refractivity contribution is 7.99. The SMILES string of the molecule is CC1CN(C(=O)[C@H]2[C@@H](C(=O)O)C2(C)C)CCS1. The number of hydrogen-bond acceptors (Lipinski definition) is 3.